The SMILES string of the molecule is Cc1ccc(NC(=O)C(Sc2ccc(NC(=O)c3ccccc3F)cc2)c2ccccc2)cc1Cl. The summed E-state index contributed by atoms with van der Waals surface area (Å²) >= 11 is 7.60. The lowest BCUT2D eigenvalue weighted by molar-refractivity contribution is -0.115. The molecule has 7 heteroatoms. The molecule has 4 rings (SSSR count). The normalized spacial score (nSPS) is 11.5. The number of thioether (sulfide) groups is 1. The highest BCUT2D eigenvalue weighted by Crippen LogP contribution is 2.37. The number of hydrogen-bond donors (Lipinski definition) is 2. The standard InChI is InChI=1S/C28H22ClFN2O2S/c1-18-11-12-21(17-24(18)29)32-28(34)26(19-7-3-2-4-8-19)35-22-15-13-20(14-16-22)31-27(33)23-9-5-6-10-25(23)30/h2-17,26H,1H3,(H,31,33)(H,32,34). The Morgan fingerprint density at radius 3 is 2.17 bits per heavy atom. The van der Waals surface area contributed by atoms with Gasteiger partial charge in [-0.3, -0.25) is 9.59 Å². The summed E-state index contributed by atoms with van der Waals surface area (Å²) in [6, 6.07) is 27.8. The van der Waals surface area contributed by atoms with E-state index in [0.29, 0.717) is 16.4 Å². The van der Waals surface area contributed by atoms with E-state index in [0.717, 1.165) is 16.0 Å². The molecule has 0 radical (unpaired) electrons. The number of halogens is 2. The van der Waals surface area contributed by atoms with Gasteiger partial charge in [0, 0.05) is 21.3 Å². The van der Waals surface area contributed by atoms with Crippen LogP contribution in [0.1, 0.15) is 26.7 Å². The van der Waals surface area contributed by atoms with Crippen molar-refractivity contribution < 1.29 is 14.0 Å². The van der Waals surface area contributed by atoms with Crippen LogP contribution >= 0.6 is 23.4 Å². The molecule has 2 amide bonds. The molecule has 0 saturated carbocycles. The van der Waals surface area contributed by atoms with Crippen LogP contribution in [-0.2, 0) is 4.79 Å². The van der Waals surface area contributed by atoms with Gasteiger partial charge in [0.1, 0.15) is 11.1 Å². The van der Waals surface area contributed by atoms with Gasteiger partial charge in [0.25, 0.3) is 5.91 Å². The number of rotatable bonds is 7. The maximum absolute atomic E-state index is 13.9. The highest BCUT2D eigenvalue weighted by molar-refractivity contribution is 8.00. The summed E-state index contributed by atoms with van der Waals surface area (Å²) in [6.45, 7) is 1.90. The van der Waals surface area contributed by atoms with Crippen molar-refractivity contribution in [2.24, 2.45) is 0 Å². The maximum Gasteiger partial charge on any atom is 0.258 e. The minimum atomic E-state index is -0.580. The zero-order chi connectivity index (χ0) is 24.8. The topological polar surface area (TPSA) is 58.2 Å². The molecule has 0 spiro atoms. The number of carbonyl (C=O) groups is 2. The maximum atomic E-state index is 13.9. The predicted octanol–water partition coefficient (Wildman–Crippen LogP) is 7.51. The van der Waals surface area contributed by atoms with Gasteiger partial charge in [-0.15, -0.1) is 11.8 Å². The molecule has 0 heterocycles. The summed E-state index contributed by atoms with van der Waals surface area (Å²) in [5.41, 5.74) is 2.91. The van der Waals surface area contributed by atoms with Gasteiger partial charge >= 0.3 is 0 Å². The second-order valence-electron chi connectivity index (χ2n) is 7.82. The predicted molar refractivity (Wildman–Crippen MR) is 141 cm³/mol. The van der Waals surface area contributed by atoms with Crippen LogP contribution in [0.15, 0.2) is 102 Å². The molecule has 0 saturated heterocycles. The van der Waals surface area contributed by atoms with Crippen molar-refractivity contribution in [3.05, 3.63) is 125 Å². The van der Waals surface area contributed by atoms with E-state index in [2.05, 4.69) is 10.6 Å². The Morgan fingerprint density at radius 1 is 0.829 bits per heavy atom. The molecule has 0 aliphatic carbocycles. The molecule has 0 aliphatic rings. The Morgan fingerprint density at radius 2 is 1.49 bits per heavy atom. The molecule has 4 aromatic carbocycles. The molecule has 0 fully saturated rings. The average molecular weight is 505 g/mol. The van der Waals surface area contributed by atoms with Gasteiger partial charge in [-0.2, -0.15) is 0 Å². The number of carbonyl (C=O) groups excluding carboxylic acids is 2. The first-order valence-corrected chi connectivity index (χ1v) is 12.1. The largest absolute Gasteiger partial charge is 0.325 e. The number of nitrogens with one attached hydrogen (secondary N) is 2. The van der Waals surface area contributed by atoms with E-state index in [-0.39, 0.29) is 11.5 Å². The van der Waals surface area contributed by atoms with Crippen molar-refractivity contribution in [2.45, 2.75) is 17.1 Å². The van der Waals surface area contributed by atoms with Crippen LogP contribution in [0.5, 0.6) is 0 Å². The lowest BCUT2D eigenvalue weighted by Crippen LogP contribution is -2.19. The molecule has 0 aliphatic heterocycles. The molecule has 176 valence electrons. The van der Waals surface area contributed by atoms with E-state index in [9.17, 15) is 14.0 Å². The zero-order valence-corrected chi connectivity index (χ0v) is 20.4. The average Bonchev–Trinajstić information content (AvgIpc) is 2.86. The molecule has 0 bridgehead atoms. The molecule has 4 aromatic rings. The number of anilines is 2. The molecule has 35 heavy (non-hydrogen) atoms. The van der Waals surface area contributed by atoms with Crippen LogP contribution in [0.2, 0.25) is 5.02 Å². The Balaban J connectivity index is 1.50. The van der Waals surface area contributed by atoms with E-state index in [1.54, 1.807) is 24.3 Å². The minimum Gasteiger partial charge on any atom is -0.325 e. The Hall–Kier alpha value is -3.61. The van der Waals surface area contributed by atoms with Gasteiger partial charge in [0.05, 0.1) is 5.56 Å². The molecular formula is C28H22ClFN2O2S. The van der Waals surface area contributed by atoms with Gasteiger partial charge < -0.3 is 10.6 Å². The quantitative estimate of drug-likeness (QED) is 0.256. The molecule has 0 aromatic heterocycles. The van der Waals surface area contributed by atoms with Crippen LogP contribution in [0.4, 0.5) is 15.8 Å². The van der Waals surface area contributed by atoms with Crippen molar-refractivity contribution in [3.63, 3.8) is 0 Å². The monoisotopic (exact) mass is 504 g/mol. The number of hydrogen-bond acceptors (Lipinski definition) is 3. The highest BCUT2D eigenvalue weighted by Gasteiger charge is 2.22. The summed E-state index contributed by atoms with van der Waals surface area (Å²) in [4.78, 5) is 26.5. The summed E-state index contributed by atoms with van der Waals surface area (Å²) in [5, 5.41) is 5.71. The van der Waals surface area contributed by atoms with Gasteiger partial charge in [0.15, 0.2) is 0 Å². The minimum absolute atomic E-state index is 0.0250. The highest BCUT2D eigenvalue weighted by atomic mass is 35.5. The van der Waals surface area contributed by atoms with Crippen molar-refractivity contribution >= 4 is 46.6 Å². The second kappa shape index (κ2) is 11.2. The summed E-state index contributed by atoms with van der Waals surface area (Å²) in [6.07, 6.45) is 0. The Kier molecular flexibility index (Phi) is 7.85. The van der Waals surface area contributed by atoms with Crippen LogP contribution in [0.25, 0.3) is 0 Å². The van der Waals surface area contributed by atoms with Crippen LogP contribution in [0.3, 0.4) is 0 Å². The third kappa shape index (κ3) is 6.29. The van der Waals surface area contributed by atoms with Gasteiger partial charge in [-0.05, 0) is 66.6 Å². The van der Waals surface area contributed by atoms with Crippen molar-refractivity contribution in [1.82, 2.24) is 0 Å². The fourth-order valence-electron chi connectivity index (χ4n) is 3.38. The number of amides is 2. The van der Waals surface area contributed by atoms with Crippen molar-refractivity contribution in [3.8, 4) is 0 Å². The summed E-state index contributed by atoms with van der Waals surface area (Å²) in [7, 11) is 0. The van der Waals surface area contributed by atoms with Crippen LogP contribution in [-0.4, -0.2) is 11.8 Å². The first kappa shape index (κ1) is 24.5. The summed E-state index contributed by atoms with van der Waals surface area (Å²) < 4.78 is 13.9. The number of benzene rings is 4. The summed E-state index contributed by atoms with van der Waals surface area (Å²) in [5.74, 6) is -1.29. The van der Waals surface area contributed by atoms with E-state index in [1.807, 2.05) is 61.5 Å². The smallest absolute Gasteiger partial charge is 0.258 e. The van der Waals surface area contributed by atoms with Crippen LogP contribution < -0.4 is 10.6 Å². The number of aryl methyl sites for hydroxylation is 1. The lowest BCUT2D eigenvalue weighted by atomic mass is 10.1. The Labute approximate surface area is 212 Å². The molecule has 4 nitrogen and oxygen atoms in total. The van der Waals surface area contributed by atoms with E-state index in [1.165, 1.54) is 30.0 Å². The molecule has 2 N–H and O–H groups in total. The third-order valence-corrected chi connectivity index (χ3v) is 6.94. The lowest BCUT2D eigenvalue weighted by Gasteiger charge is -2.18. The van der Waals surface area contributed by atoms with Crippen LogP contribution in [0, 0.1) is 12.7 Å². The van der Waals surface area contributed by atoms with E-state index in [4.69, 9.17) is 11.6 Å². The molecule has 1 atom stereocenters. The fraction of sp³-hybridized carbons (Fsp3) is 0.0714. The van der Waals surface area contributed by atoms with E-state index >= 15 is 0 Å². The zero-order valence-electron chi connectivity index (χ0n) is 18.8. The molecular weight excluding hydrogens is 483 g/mol. The fourth-order valence-corrected chi connectivity index (χ4v) is 4.58. The Bertz CT molecular complexity index is 1350. The first-order chi connectivity index (χ1) is 16.9. The van der Waals surface area contributed by atoms with Gasteiger partial charge in [0.2, 0.25) is 5.91 Å². The van der Waals surface area contributed by atoms with Crippen molar-refractivity contribution in [1.29, 1.82) is 0 Å². The van der Waals surface area contributed by atoms with E-state index < -0.39 is 17.0 Å². The van der Waals surface area contributed by atoms with Gasteiger partial charge in [-0.25, -0.2) is 4.39 Å². The second-order valence-corrected chi connectivity index (χ2v) is 9.41. The van der Waals surface area contributed by atoms with Gasteiger partial charge in [-0.1, -0.05) is 60.1 Å². The first-order valence-electron chi connectivity index (χ1n) is 10.9. The molecule has 1 unspecified atom stereocenters. The third-order valence-electron chi connectivity index (χ3n) is 5.26. The van der Waals surface area contributed by atoms with Crippen molar-refractivity contribution in [2.75, 3.05) is 10.6 Å².